The van der Waals surface area contributed by atoms with Crippen molar-refractivity contribution in [2.45, 2.75) is 32.9 Å². The third-order valence-electron chi connectivity index (χ3n) is 4.58. The molecule has 150 valence electrons. The molecule has 0 saturated carbocycles. The summed E-state index contributed by atoms with van der Waals surface area (Å²) in [5.74, 6) is 0.825. The molecule has 2 N–H and O–H groups in total. The quantitative estimate of drug-likeness (QED) is 0.731. The lowest BCUT2D eigenvalue weighted by molar-refractivity contribution is -0.127. The Morgan fingerprint density at radius 1 is 1.18 bits per heavy atom. The molecule has 2 amide bonds. The topological polar surface area (TPSA) is 83.6 Å². The van der Waals surface area contributed by atoms with Crippen molar-refractivity contribution in [2.24, 2.45) is 0 Å². The highest BCUT2D eigenvalue weighted by molar-refractivity contribution is 5.92. The highest BCUT2D eigenvalue weighted by atomic mass is 16.5. The maximum atomic E-state index is 12.6. The number of carbonyl (C=O) groups excluding carboxylic acids is 2. The zero-order chi connectivity index (χ0) is 20.7. The Balaban J connectivity index is 1.90. The summed E-state index contributed by atoms with van der Waals surface area (Å²) in [5.41, 5.74) is 1.92. The first-order chi connectivity index (χ1) is 13.3. The molecule has 0 spiro atoms. The minimum absolute atomic E-state index is 0.0766. The number of aryl methyl sites for hydroxylation is 1. The van der Waals surface area contributed by atoms with Crippen LogP contribution in [0.5, 0.6) is 5.75 Å². The zero-order valence-electron chi connectivity index (χ0n) is 17.0. The van der Waals surface area contributed by atoms with Crippen LogP contribution in [0.15, 0.2) is 42.6 Å². The number of hydrogen-bond donors (Lipinski definition) is 2. The number of methoxy groups -OCH3 is 1. The van der Waals surface area contributed by atoms with Crippen LogP contribution >= 0.6 is 0 Å². The number of carbonyl (C=O) groups is 2. The number of nitrogens with one attached hydrogen (secondary N) is 2. The van der Waals surface area contributed by atoms with Gasteiger partial charge in [-0.15, -0.1) is 0 Å². The van der Waals surface area contributed by atoms with Gasteiger partial charge in [-0.25, -0.2) is 4.98 Å². The molecule has 2 atom stereocenters. The predicted molar refractivity (Wildman–Crippen MR) is 109 cm³/mol. The molecule has 0 saturated heterocycles. The summed E-state index contributed by atoms with van der Waals surface area (Å²) in [6.07, 6.45) is 1.69. The van der Waals surface area contributed by atoms with E-state index in [9.17, 15) is 9.59 Å². The Bertz CT molecular complexity index is 808. The Morgan fingerprint density at radius 2 is 1.89 bits per heavy atom. The smallest absolute Gasteiger partial charge is 0.239 e. The van der Waals surface area contributed by atoms with Gasteiger partial charge in [0.1, 0.15) is 11.6 Å². The molecule has 1 aromatic heterocycles. The summed E-state index contributed by atoms with van der Waals surface area (Å²) >= 11 is 0. The molecule has 1 heterocycles. The van der Waals surface area contributed by atoms with E-state index in [-0.39, 0.29) is 24.4 Å². The Morgan fingerprint density at radius 3 is 2.54 bits per heavy atom. The van der Waals surface area contributed by atoms with Crippen molar-refractivity contribution in [3.8, 4) is 5.75 Å². The normalized spacial score (nSPS) is 12.9. The molecular weight excluding hydrogens is 356 g/mol. The first kappa shape index (κ1) is 21.4. The number of rotatable bonds is 8. The first-order valence-corrected chi connectivity index (χ1v) is 9.18. The van der Waals surface area contributed by atoms with Gasteiger partial charge in [0.05, 0.1) is 25.7 Å². The van der Waals surface area contributed by atoms with Crippen LogP contribution in [0.25, 0.3) is 0 Å². The van der Waals surface area contributed by atoms with Gasteiger partial charge in [-0.2, -0.15) is 0 Å². The van der Waals surface area contributed by atoms with Gasteiger partial charge in [-0.1, -0.05) is 24.3 Å². The number of benzene rings is 1. The van der Waals surface area contributed by atoms with Gasteiger partial charge in [0.25, 0.3) is 0 Å². The number of para-hydroxylation sites is 1. The first-order valence-electron chi connectivity index (χ1n) is 9.18. The van der Waals surface area contributed by atoms with Crippen LogP contribution in [0.1, 0.15) is 31.0 Å². The Hall–Kier alpha value is -2.93. The van der Waals surface area contributed by atoms with Crippen molar-refractivity contribution in [1.29, 1.82) is 0 Å². The van der Waals surface area contributed by atoms with E-state index in [1.807, 2.05) is 44.2 Å². The molecule has 0 bridgehead atoms. The van der Waals surface area contributed by atoms with Gasteiger partial charge >= 0.3 is 0 Å². The number of likely N-dealkylation sites (N-methyl/N-ethyl adjacent to an activating group) is 1. The van der Waals surface area contributed by atoms with E-state index in [0.717, 1.165) is 16.9 Å². The van der Waals surface area contributed by atoms with Crippen LogP contribution in [-0.4, -0.2) is 48.4 Å². The lowest BCUT2D eigenvalue weighted by atomic mass is 10.1. The van der Waals surface area contributed by atoms with E-state index in [1.54, 1.807) is 38.2 Å². The Labute approximate surface area is 166 Å². The molecule has 2 unspecified atom stereocenters. The summed E-state index contributed by atoms with van der Waals surface area (Å²) in [4.78, 5) is 30.7. The van der Waals surface area contributed by atoms with E-state index in [2.05, 4.69) is 15.6 Å². The van der Waals surface area contributed by atoms with Crippen LogP contribution in [0.3, 0.4) is 0 Å². The van der Waals surface area contributed by atoms with Gasteiger partial charge in [-0.3, -0.25) is 14.5 Å². The maximum absolute atomic E-state index is 12.6. The zero-order valence-corrected chi connectivity index (χ0v) is 17.0. The molecule has 0 fully saturated rings. The van der Waals surface area contributed by atoms with Crippen LogP contribution in [-0.2, 0) is 9.59 Å². The molecule has 0 aliphatic heterocycles. The predicted octanol–water partition coefficient (Wildman–Crippen LogP) is 2.53. The molecular formula is C21H28N4O3. The lowest BCUT2D eigenvalue weighted by Crippen LogP contribution is -2.46. The second kappa shape index (κ2) is 9.85. The van der Waals surface area contributed by atoms with Crippen LogP contribution in [0.2, 0.25) is 0 Å². The second-order valence-electron chi connectivity index (χ2n) is 6.83. The fourth-order valence-corrected chi connectivity index (χ4v) is 2.72. The number of anilines is 1. The van der Waals surface area contributed by atoms with Gasteiger partial charge in [0.15, 0.2) is 0 Å². The van der Waals surface area contributed by atoms with E-state index in [0.29, 0.717) is 5.82 Å². The van der Waals surface area contributed by atoms with Gasteiger partial charge in [0, 0.05) is 11.8 Å². The summed E-state index contributed by atoms with van der Waals surface area (Å²) in [7, 11) is 3.34. The van der Waals surface area contributed by atoms with Crippen molar-refractivity contribution >= 4 is 17.6 Å². The number of amides is 2. The third kappa shape index (κ3) is 5.79. The van der Waals surface area contributed by atoms with E-state index >= 15 is 0 Å². The maximum Gasteiger partial charge on any atom is 0.239 e. The molecule has 2 rings (SSSR count). The Kier molecular flexibility index (Phi) is 7.52. The van der Waals surface area contributed by atoms with E-state index < -0.39 is 6.04 Å². The highest BCUT2D eigenvalue weighted by Gasteiger charge is 2.23. The van der Waals surface area contributed by atoms with Crippen LogP contribution < -0.4 is 15.4 Å². The van der Waals surface area contributed by atoms with E-state index in [1.165, 1.54) is 0 Å². The summed E-state index contributed by atoms with van der Waals surface area (Å²) in [6.45, 7) is 5.67. The van der Waals surface area contributed by atoms with Gasteiger partial charge in [-0.05, 0) is 45.5 Å². The molecule has 0 aliphatic rings. The molecule has 28 heavy (non-hydrogen) atoms. The van der Waals surface area contributed by atoms with Crippen molar-refractivity contribution in [3.05, 3.63) is 53.7 Å². The fraction of sp³-hybridized carbons (Fsp3) is 0.381. The number of hydrogen-bond acceptors (Lipinski definition) is 5. The molecule has 0 aliphatic carbocycles. The van der Waals surface area contributed by atoms with E-state index in [4.69, 9.17) is 4.74 Å². The number of nitrogens with zero attached hydrogens (tertiary/aromatic N) is 2. The van der Waals surface area contributed by atoms with Gasteiger partial charge in [0.2, 0.25) is 11.8 Å². The fourth-order valence-electron chi connectivity index (χ4n) is 2.72. The van der Waals surface area contributed by atoms with Crippen LogP contribution in [0, 0.1) is 6.92 Å². The molecule has 7 nitrogen and oxygen atoms in total. The van der Waals surface area contributed by atoms with Crippen molar-refractivity contribution in [3.63, 3.8) is 0 Å². The molecule has 2 aromatic rings. The number of aromatic nitrogens is 1. The van der Waals surface area contributed by atoms with Crippen molar-refractivity contribution in [2.75, 3.05) is 26.0 Å². The lowest BCUT2D eigenvalue weighted by Gasteiger charge is -2.25. The summed E-state index contributed by atoms with van der Waals surface area (Å²) in [6, 6.07) is 10.5. The SMILES string of the molecule is COc1ccccc1C(C)NC(=O)C(C)N(C)CC(=O)Nc1ccc(C)cn1. The summed E-state index contributed by atoms with van der Waals surface area (Å²) in [5, 5.41) is 5.71. The summed E-state index contributed by atoms with van der Waals surface area (Å²) < 4.78 is 5.35. The van der Waals surface area contributed by atoms with Gasteiger partial charge < -0.3 is 15.4 Å². The largest absolute Gasteiger partial charge is 0.496 e. The average Bonchev–Trinajstić information content (AvgIpc) is 2.68. The minimum atomic E-state index is -0.478. The highest BCUT2D eigenvalue weighted by Crippen LogP contribution is 2.24. The number of pyridine rings is 1. The monoisotopic (exact) mass is 384 g/mol. The van der Waals surface area contributed by atoms with Crippen molar-refractivity contribution in [1.82, 2.24) is 15.2 Å². The molecule has 7 heteroatoms. The van der Waals surface area contributed by atoms with Crippen LogP contribution in [0.4, 0.5) is 5.82 Å². The standard InChI is InChI=1S/C21H28N4O3/c1-14-10-11-19(22-12-14)24-20(26)13-25(4)16(3)21(27)23-15(2)17-8-6-7-9-18(17)28-5/h6-12,15-16H,13H2,1-5H3,(H,23,27)(H,22,24,26). The third-order valence-corrected chi connectivity index (χ3v) is 4.58. The van der Waals surface area contributed by atoms with Crippen molar-refractivity contribution < 1.29 is 14.3 Å². The second-order valence-corrected chi connectivity index (χ2v) is 6.83. The molecule has 1 aromatic carbocycles. The molecule has 0 radical (unpaired) electrons. The average molecular weight is 384 g/mol. The number of ether oxygens (including phenoxy) is 1. The minimum Gasteiger partial charge on any atom is -0.496 e.